The Bertz CT molecular complexity index is 1070. The van der Waals surface area contributed by atoms with Crippen molar-refractivity contribution in [3.05, 3.63) is 53.1 Å². The Balaban J connectivity index is 1.57. The summed E-state index contributed by atoms with van der Waals surface area (Å²) >= 11 is 7.03. The molecular weight excluding hydrogens is 502 g/mol. The predicted octanol–water partition coefficient (Wildman–Crippen LogP) is 5.57. The van der Waals surface area contributed by atoms with Gasteiger partial charge in [0.2, 0.25) is 0 Å². The number of carbonyl (C=O) groups is 1. The summed E-state index contributed by atoms with van der Waals surface area (Å²) < 4.78 is 16.1. The Kier molecular flexibility index (Phi) is 7.58. The quantitative estimate of drug-likeness (QED) is 0.497. The molecule has 3 aliphatic rings. The van der Waals surface area contributed by atoms with Crippen LogP contribution in [0.15, 0.2) is 47.4 Å². The van der Waals surface area contributed by atoms with Crippen LogP contribution in [0.5, 0.6) is 0 Å². The summed E-state index contributed by atoms with van der Waals surface area (Å²) in [6.45, 7) is 2.65. The van der Waals surface area contributed by atoms with Crippen LogP contribution in [0.3, 0.4) is 0 Å². The maximum absolute atomic E-state index is 14.0. The molecule has 5 atom stereocenters. The van der Waals surface area contributed by atoms with Crippen LogP contribution in [0.1, 0.15) is 50.0 Å². The summed E-state index contributed by atoms with van der Waals surface area (Å²) in [5.41, 5.74) is 2.70. The van der Waals surface area contributed by atoms with E-state index in [1.165, 1.54) is 19.3 Å². The zero-order valence-electron chi connectivity index (χ0n) is 20.0. The van der Waals surface area contributed by atoms with Crippen molar-refractivity contribution in [1.29, 1.82) is 0 Å². The molecule has 0 radical (unpaired) electrons. The Labute approximate surface area is 219 Å². The van der Waals surface area contributed by atoms with Crippen molar-refractivity contribution < 1.29 is 14.5 Å². The molecule has 2 aromatic rings. The van der Waals surface area contributed by atoms with Crippen molar-refractivity contribution in [1.82, 2.24) is 9.62 Å². The van der Waals surface area contributed by atoms with E-state index in [0.29, 0.717) is 10.9 Å². The van der Waals surface area contributed by atoms with Crippen LogP contribution in [-0.4, -0.2) is 50.9 Å². The highest BCUT2D eigenvalue weighted by atomic mass is 35.5. The second-order valence-electron chi connectivity index (χ2n) is 9.75. The Morgan fingerprint density at radius 2 is 1.91 bits per heavy atom. The fourth-order valence-electron chi connectivity index (χ4n) is 5.67. The minimum atomic E-state index is -1.37. The van der Waals surface area contributed by atoms with Gasteiger partial charge in [-0.2, -0.15) is 0 Å². The number of hydrogen-bond donors (Lipinski definition) is 2. The maximum Gasteiger partial charge on any atom is 0.321 e. The standard InChI is InChI=1S/C26H32ClN3O3S2/c1-16-24(26(31)32)28-25(34-16)19-13-23-21(14-20(19)27)30(18-11-7-4-8-12-18)15-22(29(2)35(23)33)17-9-5-3-6-10-17/h4,7-8,11-14,16-17,22,24-25,28H,3,5-6,9-10,15H2,1-2H3,(H,31,32)/t16?,22-,24?,25?,35?/m0/s1. The zero-order chi connectivity index (χ0) is 24.7. The SMILES string of the molecule is CC1SC(c2cc3c(cc2Cl)N(c2ccccc2)C[C@@H](C2CCCCC2)N(C)[S+]3[O-])NC1C(=O)O. The molecular formula is C26H32ClN3O3S2. The number of nitrogens with one attached hydrogen (secondary N) is 1. The van der Waals surface area contributed by atoms with Crippen molar-refractivity contribution in [2.45, 2.75) is 66.6 Å². The minimum Gasteiger partial charge on any atom is -0.593 e. The highest BCUT2D eigenvalue weighted by Gasteiger charge is 2.43. The molecule has 1 saturated heterocycles. The number of rotatable bonds is 4. The third-order valence-corrected chi connectivity index (χ3v) is 10.8. The summed E-state index contributed by atoms with van der Waals surface area (Å²) in [6, 6.07) is 13.6. The van der Waals surface area contributed by atoms with E-state index in [4.69, 9.17) is 11.6 Å². The van der Waals surface area contributed by atoms with Gasteiger partial charge >= 0.3 is 5.97 Å². The summed E-state index contributed by atoms with van der Waals surface area (Å²) in [5.74, 6) is -0.371. The van der Waals surface area contributed by atoms with E-state index < -0.39 is 23.4 Å². The second-order valence-corrected chi connectivity index (χ2v) is 13.2. The monoisotopic (exact) mass is 533 g/mol. The molecule has 35 heavy (non-hydrogen) atoms. The number of carboxylic acid groups (broad SMARTS) is 1. The van der Waals surface area contributed by atoms with Gasteiger partial charge in [0.05, 0.1) is 22.8 Å². The highest BCUT2D eigenvalue weighted by molar-refractivity contribution is 8.00. The normalized spacial score (nSPS) is 30.2. The van der Waals surface area contributed by atoms with Crippen molar-refractivity contribution in [3.63, 3.8) is 0 Å². The molecule has 9 heteroatoms. The first-order valence-corrected chi connectivity index (χ1v) is 14.7. The van der Waals surface area contributed by atoms with Gasteiger partial charge in [0, 0.05) is 41.2 Å². The number of thioether (sulfide) groups is 1. The maximum atomic E-state index is 14.0. The molecule has 4 unspecified atom stereocenters. The smallest absolute Gasteiger partial charge is 0.321 e. The molecule has 1 aliphatic carbocycles. The van der Waals surface area contributed by atoms with Gasteiger partial charge in [0.25, 0.3) is 0 Å². The summed E-state index contributed by atoms with van der Waals surface area (Å²) in [7, 11) is 1.98. The molecule has 2 heterocycles. The summed E-state index contributed by atoms with van der Waals surface area (Å²) in [4.78, 5) is 14.7. The third-order valence-electron chi connectivity index (χ3n) is 7.62. The first-order valence-electron chi connectivity index (χ1n) is 12.3. The minimum absolute atomic E-state index is 0.1000. The summed E-state index contributed by atoms with van der Waals surface area (Å²) in [6.07, 6.45) is 6.05. The van der Waals surface area contributed by atoms with Gasteiger partial charge in [-0.3, -0.25) is 10.1 Å². The van der Waals surface area contributed by atoms with Crippen molar-refractivity contribution in [2.75, 3.05) is 18.5 Å². The lowest BCUT2D eigenvalue weighted by molar-refractivity contribution is -0.139. The van der Waals surface area contributed by atoms with Crippen LogP contribution in [0.25, 0.3) is 0 Å². The number of carboxylic acids is 1. The number of anilines is 2. The number of nitrogens with zero attached hydrogens (tertiary/aromatic N) is 2. The van der Waals surface area contributed by atoms with Gasteiger partial charge < -0.3 is 14.6 Å². The van der Waals surface area contributed by atoms with Crippen molar-refractivity contribution in [3.8, 4) is 0 Å². The fourth-order valence-corrected chi connectivity index (χ4v) is 8.72. The number of likely N-dealkylation sites (N-methyl/N-ethyl adjacent to an activating group) is 1. The van der Waals surface area contributed by atoms with Crippen molar-refractivity contribution >= 4 is 52.1 Å². The zero-order valence-corrected chi connectivity index (χ0v) is 22.4. The molecule has 2 N–H and O–H groups in total. The molecule has 0 amide bonds. The third kappa shape index (κ3) is 4.93. The first kappa shape index (κ1) is 25.2. The first-order chi connectivity index (χ1) is 16.8. The average molecular weight is 534 g/mol. The van der Waals surface area contributed by atoms with E-state index in [1.807, 2.05) is 48.6 Å². The molecule has 2 aromatic carbocycles. The van der Waals surface area contributed by atoms with E-state index in [0.717, 1.165) is 41.2 Å². The van der Waals surface area contributed by atoms with Gasteiger partial charge in [0.15, 0.2) is 4.90 Å². The second kappa shape index (κ2) is 10.5. The topological polar surface area (TPSA) is 78.9 Å². The largest absolute Gasteiger partial charge is 0.593 e. The van der Waals surface area contributed by atoms with E-state index >= 15 is 0 Å². The molecule has 1 saturated carbocycles. The Morgan fingerprint density at radius 3 is 2.57 bits per heavy atom. The number of aliphatic carboxylic acids is 1. The van der Waals surface area contributed by atoms with E-state index in [9.17, 15) is 14.5 Å². The lowest BCUT2D eigenvalue weighted by atomic mass is 9.83. The molecule has 2 fully saturated rings. The number of halogens is 1. The van der Waals surface area contributed by atoms with Crippen molar-refractivity contribution in [2.24, 2.45) is 5.92 Å². The number of fused-ring (bicyclic) bond motifs is 1. The van der Waals surface area contributed by atoms with Crippen LogP contribution < -0.4 is 10.2 Å². The Morgan fingerprint density at radius 1 is 1.20 bits per heavy atom. The molecule has 6 nitrogen and oxygen atoms in total. The molecule has 2 aliphatic heterocycles. The number of hydrogen-bond acceptors (Lipinski definition) is 6. The van der Waals surface area contributed by atoms with E-state index in [1.54, 1.807) is 11.8 Å². The average Bonchev–Trinajstić information content (AvgIpc) is 3.22. The van der Waals surface area contributed by atoms with Gasteiger partial charge in [-0.05, 0) is 37.0 Å². The number of benzene rings is 2. The van der Waals surface area contributed by atoms with Crippen LogP contribution >= 0.6 is 23.4 Å². The van der Waals surface area contributed by atoms with Crippen LogP contribution in [-0.2, 0) is 16.2 Å². The molecule has 0 bridgehead atoms. The lowest BCUT2D eigenvalue weighted by Gasteiger charge is -2.36. The van der Waals surface area contributed by atoms with Crippen LogP contribution in [0.2, 0.25) is 5.02 Å². The Hall–Kier alpha value is -1.42. The molecule has 0 spiro atoms. The van der Waals surface area contributed by atoms with Gasteiger partial charge in [-0.1, -0.05) is 56.0 Å². The fraction of sp³-hybridized carbons (Fsp3) is 0.500. The van der Waals surface area contributed by atoms with E-state index in [2.05, 4.69) is 22.3 Å². The highest BCUT2D eigenvalue weighted by Crippen LogP contribution is 2.47. The van der Waals surface area contributed by atoms with Crippen LogP contribution in [0.4, 0.5) is 11.4 Å². The van der Waals surface area contributed by atoms with Gasteiger partial charge in [-0.15, -0.1) is 16.1 Å². The molecule has 188 valence electrons. The lowest BCUT2D eigenvalue weighted by Crippen LogP contribution is -2.46. The molecule has 5 rings (SSSR count). The number of para-hydroxylation sites is 1. The van der Waals surface area contributed by atoms with Gasteiger partial charge in [0.1, 0.15) is 11.7 Å². The predicted molar refractivity (Wildman–Crippen MR) is 144 cm³/mol. The van der Waals surface area contributed by atoms with Gasteiger partial charge in [-0.25, -0.2) is 0 Å². The molecule has 0 aromatic heterocycles. The summed E-state index contributed by atoms with van der Waals surface area (Å²) in [5, 5.41) is 13.0. The van der Waals surface area contributed by atoms with Crippen LogP contribution in [0, 0.1) is 5.92 Å². The van der Waals surface area contributed by atoms with E-state index in [-0.39, 0.29) is 16.7 Å².